The zero-order valence-corrected chi connectivity index (χ0v) is 69.6. The first-order valence-electron chi connectivity index (χ1n) is 39.9. The van der Waals surface area contributed by atoms with Crippen molar-refractivity contribution in [2.75, 3.05) is 28.2 Å². The molecule has 117 heavy (non-hydrogen) atoms. The van der Waals surface area contributed by atoms with Crippen LogP contribution in [0.5, 0.6) is 0 Å². The summed E-state index contributed by atoms with van der Waals surface area (Å²) in [5, 5.41) is 8.86. The molecule has 0 saturated heterocycles. The number of aromatic nitrogens is 8. The molecule has 0 atom stereocenters. The van der Waals surface area contributed by atoms with Gasteiger partial charge in [-0.25, -0.2) is 38.2 Å². The molecule has 574 valence electrons. The van der Waals surface area contributed by atoms with Gasteiger partial charge in [0.15, 0.2) is 58.0 Å². The molecular formula is C97H94B4N12O4+4. The maximum Gasteiger partial charge on any atom is 0.402 e. The molecule has 4 aromatic carbocycles. The van der Waals surface area contributed by atoms with Gasteiger partial charge in [-0.1, -0.05) is 132 Å². The van der Waals surface area contributed by atoms with Crippen molar-refractivity contribution in [2.24, 2.45) is 28.2 Å². The summed E-state index contributed by atoms with van der Waals surface area (Å²) >= 11 is 0. The van der Waals surface area contributed by atoms with E-state index < -0.39 is 0 Å². The van der Waals surface area contributed by atoms with Gasteiger partial charge in [-0.15, -0.1) is 0 Å². The first-order chi connectivity index (χ1) is 56.5. The average molecular weight is 1540 g/mol. The summed E-state index contributed by atoms with van der Waals surface area (Å²) in [6, 6.07) is 70.1. The topological polar surface area (TPSA) is 133 Å². The molecule has 0 amide bonds. The summed E-state index contributed by atoms with van der Waals surface area (Å²) < 4.78 is 33.4. The van der Waals surface area contributed by atoms with Crippen LogP contribution in [0.2, 0.25) is 0 Å². The molecule has 0 fully saturated rings. The molecule has 0 aliphatic carbocycles. The molecule has 20 rings (SSSR count). The van der Waals surface area contributed by atoms with Gasteiger partial charge in [-0.05, 0) is 207 Å². The van der Waals surface area contributed by atoms with Gasteiger partial charge in [0.25, 0.3) is 0 Å². The molecule has 4 aliphatic heterocycles. The Labute approximate surface area is 683 Å². The summed E-state index contributed by atoms with van der Waals surface area (Å²) in [6.45, 7) is 19.7. The van der Waals surface area contributed by atoms with Crippen molar-refractivity contribution in [1.82, 2.24) is 39.2 Å². The first kappa shape index (κ1) is 76.3. The predicted molar refractivity (Wildman–Crippen MR) is 476 cm³/mol. The smallest absolute Gasteiger partial charge is 0.402 e. The third-order valence-corrected chi connectivity index (χ3v) is 23.7. The van der Waals surface area contributed by atoms with Crippen molar-refractivity contribution in [1.29, 1.82) is 0 Å². The third-order valence-electron chi connectivity index (χ3n) is 23.7. The molecule has 0 unspecified atom stereocenters. The van der Waals surface area contributed by atoms with Gasteiger partial charge in [-0.3, -0.25) is 0 Å². The van der Waals surface area contributed by atoms with Crippen molar-refractivity contribution < 1.29 is 35.9 Å². The molecule has 16 aromatic rings. The number of hydrogen-bond acceptors (Lipinski definition) is 12. The summed E-state index contributed by atoms with van der Waals surface area (Å²) in [7, 11) is 17.0. The van der Waals surface area contributed by atoms with E-state index in [-0.39, 0.29) is 27.4 Å². The van der Waals surface area contributed by atoms with Crippen LogP contribution in [-0.4, -0.2) is 94.8 Å². The lowest BCUT2D eigenvalue weighted by Crippen LogP contribution is -2.62. The summed E-state index contributed by atoms with van der Waals surface area (Å²) in [4.78, 5) is 27.0. The molecule has 20 heteroatoms. The maximum atomic E-state index is 6.25. The van der Waals surface area contributed by atoms with Crippen molar-refractivity contribution in [3.8, 4) is 44.5 Å². The molecular weight excluding hydrogens is 1440 g/mol. The fourth-order valence-electron chi connectivity index (χ4n) is 18.1. The number of pyridine rings is 8. The zero-order valence-electron chi connectivity index (χ0n) is 69.6. The number of fused-ring (bicyclic) bond motifs is 12. The molecule has 16 nitrogen and oxygen atoms in total. The van der Waals surface area contributed by atoms with E-state index in [2.05, 4.69) is 382 Å². The van der Waals surface area contributed by atoms with E-state index >= 15 is 0 Å². The Morgan fingerprint density at radius 3 is 1.12 bits per heavy atom. The Balaban J connectivity index is 0.000000112. The van der Waals surface area contributed by atoms with Crippen molar-refractivity contribution in [3.63, 3.8) is 0 Å². The quantitative estimate of drug-likeness (QED) is 0.108. The minimum absolute atomic E-state index is 0.0900. The van der Waals surface area contributed by atoms with E-state index in [1.807, 2.05) is 44.2 Å². The molecule has 0 spiro atoms. The highest BCUT2D eigenvalue weighted by Crippen LogP contribution is 2.27. The number of benzene rings is 4. The van der Waals surface area contributed by atoms with Gasteiger partial charge in [0, 0.05) is 126 Å². The number of hydrogen-bond donors (Lipinski definition) is 0. The SMILES string of the molecule is CC1=c2c(oc3ncccc23)=CN(C)B1c1cc(-c2ccccc2)c(C)c[n+]1C.CC1=c2c(oc3ncccc23)=CN(C)B1c1cc(C)c(-c2ccccc2)c[n+]1C.CC1=c2oc3nc(C)ccc3c2=CN(C)B1c1cc(-c2ccccc2)c(C)c[n+]1C.CC1=c2oc3nc(C)ccc3c2=CN(C)B1c1cc(-c2ccccc2)cc[n+]1C. The van der Waals surface area contributed by atoms with Gasteiger partial charge in [0.05, 0.1) is 0 Å². The fraction of sp³-hybridized carbons (Fsp3) is 0.175. The minimum Gasteiger partial charge on any atom is -0.438 e. The van der Waals surface area contributed by atoms with E-state index in [0.29, 0.717) is 22.9 Å². The van der Waals surface area contributed by atoms with E-state index in [4.69, 9.17) is 17.7 Å². The Hall–Kier alpha value is -13.3. The van der Waals surface area contributed by atoms with Gasteiger partial charge in [0.2, 0.25) is 22.9 Å². The van der Waals surface area contributed by atoms with Gasteiger partial charge < -0.3 is 36.9 Å². The van der Waals surface area contributed by atoms with Crippen molar-refractivity contribution in [2.45, 2.75) is 62.3 Å². The molecule has 16 heterocycles. The predicted octanol–water partition coefficient (Wildman–Crippen LogP) is 7.99. The maximum absolute atomic E-state index is 6.25. The van der Waals surface area contributed by atoms with E-state index in [0.717, 1.165) is 70.3 Å². The second-order valence-corrected chi connectivity index (χ2v) is 31.8. The Morgan fingerprint density at radius 1 is 0.308 bits per heavy atom. The summed E-state index contributed by atoms with van der Waals surface area (Å²) in [5.41, 5.74) is 32.0. The zero-order chi connectivity index (χ0) is 81.4. The van der Waals surface area contributed by atoms with E-state index in [9.17, 15) is 0 Å². The average Bonchev–Trinajstić information content (AvgIpc) is 1.65. The van der Waals surface area contributed by atoms with Crippen LogP contribution in [0.25, 0.3) is 136 Å². The lowest BCUT2D eigenvalue weighted by molar-refractivity contribution is -0.654. The number of furan rings is 4. The molecule has 0 saturated carbocycles. The van der Waals surface area contributed by atoms with Crippen LogP contribution < -0.4 is 83.2 Å². The monoisotopic (exact) mass is 1530 g/mol. The fourth-order valence-corrected chi connectivity index (χ4v) is 18.1. The molecule has 0 N–H and O–H groups in total. The standard InChI is InChI=1S/C25H25BN3O.3C24H23BN3O/c1-16-14-28(4)23(13-21(16)19-9-7-6-8-10-19)26-18(3)24-22(15-29(26)5)20-12-11-17(2)27-25(20)30-24;1-16-14-27(3)22(13-20(16)18-9-6-5-7-10-18)25-17(2)23-19-11-8-12-26-24(19)29-21(23)15-28(25)4;1-16-13-22(27(3)14-20(16)18-9-6-5-7-10-18)25-17(2)23-19-11-8-12-26-24(19)29-21(23)15-28(25)4;1-16-10-11-20-21-15-28(4)25(17(2)23(21)29-24(20)26-16)22-14-19(12-13-27(22)3)18-8-6-5-7-9-18/h6-15H,1-5H3;3*5-15H,1-4H3/q4*+1. The van der Waals surface area contributed by atoms with Crippen LogP contribution in [0, 0.1) is 34.6 Å². The van der Waals surface area contributed by atoms with Crippen LogP contribution in [0.4, 0.5) is 0 Å². The summed E-state index contributed by atoms with van der Waals surface area (Å²) in [6.07, 6.45) is 20.9. The van der Waals surface area contributed by atoms with Gasteiger partial charge in [-0.2, -0.15) is 0 Å². The van der Waals surface area contributed by atoms with Gasteiger partial charge >= 0.3 is 27.4 Å². The largest absolute Gasteiger partial charge is 0.438 e. The van der Waals surface area contributed by atoms with Crippen LogP contribution in [0.15, 0.2) is 255 Å². The van der Waals surface area contributed by atoms with Crippen LogP contribution >= 0.6 is 0 Å². The van der Waals surface area contributed by atoms with Crippen molar-refractivity contribution >= 4 is 141 Å². The Kier molecular flexibility index (Phi) is 20.3. The molecule has 0 radical (unpaired) electrons. The van der Waals surface area contributed by atoms with Crippen LogP contribution in [0.3, 0.4) is 0 Å². The highest BCUT2D eigenvalue weighted by molar-refractivity contribution is 6.87. The molecule has 12 aromatic heterocycles. The number of nitrogens with zero attached hydrogens (tertiary/aromatic N) is 12. The first-order valence-corrected chi connectivity index (χ1v) is 39.9. The number of aryl methyl sites for hydroxylation is 9. The van der Waals surface area contributed by atoms with E-state index in [1.54, 1.807) is 12.4 Å². The second-order valence-electron chi connectivity index (χ2n) is 31.8. The van der Waals surface area contributed by atoms with E-state index in [1.165, 1.54) is 111 Å². The molecule has 4 aliphatic rings. The van der Waals surface area contributed by atoms with Crippen LogP contribution in [0.1, 0.15) is 55.8 Å². The van der Waals surface area contributed by atoms with Crippen LogP contribution in [-0.2, 0) is 28.2 Å². The lowest BCUT2D eigenvalue weighted by Gasteiger charge is -2.25. The highest BCUT2D eigenvalue weighted by Gasteiger charge is 2.41. The number of rotatable bonds is 8. The third kappa shape index (κ3) is 14.1. The second kappa shape index (κ2) is 31.1. The normalized spacial score (nSPS) is 13.6. The lowest BCUT2D eigenvalue weighted by atomic mass is 9.49. The Bertz CT molecular complexity index is 7200. The van der Waals surface area contributed by atoms with Gasteiger partial charge in [0.1, 0.15) is 39.0 Å². The minimum atomic E-state index is 0.0900. The Morgan fingerprint density at radius 2 is 0.684 bits per heavy atom. The van der Waals surface area contributed by atoms with Crippen molar-refractivity contribution in [3.05, 3.63) is 308 Å². The summed E-state index contributed by atoms with van der Waals surface area (Å²) in [5.74, 6) is 0. The highest BCUT2D eigenvalue weighted by atomic mass is 16.3. The molecule has 0 bridgehead atoms.